The van der Waals surface area contributed by atoms with Crippen LogP contribution in [0.1, 0.15) is 6.42 Å². The maximum Gasteiger partial charge on any atom is 0.208 e. The number of nitrogens with zero attached hydrogens (tertiary/aromatic N) is 1. The number of rotatable bonds is 3. The summed E-state index contributed by atoms with van der Waals surface area (Å²) in [6.45, 7) is 2.30. The number of nitrogens with one attached hydrogen (secondary N) is 2. The Bertz CT molecular complexity index is 349. The van der Waals surface area contributed by atoms with E-state index in [1.165, 1.54) is 0 Å². The molecule has 0 bridgehead atoms. The standard InChI is InChI=1S/C9H18FN3O2S/c1-16(14,15)12-5-9-4-11-3-8-2-7(10)6-13(8)9/h7-9,11-12H,2-6H2,1H3. The molecular formula is C9H18FN3O2S. The maximum absolute atomic E-state index is 13.3. The second-order valence-corrected chi connectivity index (χ2v) is 6.45. The molecule has 7 heteroatoms. The predicted molar refractivity (Wildman–Crippen MR) is 59.5 cm³/mol. The second-order valence-electron chi connectivity index (χ2n) is 4.62. The lowest BCUT2D eigenvalue weighted by Gasteiger charge is -2.37. The molecule has 2 heterocycles. The van der Waals surface area contributed by atoms with Crippen molar-refractivity contribution in [2.75, 3.05) is 32.4 Å². The summed E-state index contributed by atoms with van der Waals surface area (Å²) in [4.78, 5) is 2.08. The first-order valence-electron chi connectivity index (χ1n) is 5.51. The van der Waals surface area contributed by atoms with Crippen LogP contribution in [0.2, 0.25) is 0 Å². The smallest absolute Gasteiger partial charge is 0.208 e. The van der Waals surface area contributed by atoms with Gasteiger partial charge in [0.1, 0.15) is 6.17 Å². The van der Waals surface area contributed by atoms with E-state index in [4.69, 9.17) is 0 Å². The second kappa shape index (κ2) is 4.56. The molecule has 3 atom stereocenters. The van der Waals surface area contributed by atoms with E-state index in [1.807, 2.05) is 0 Å². The molecule has 2 fully saturated rings. The zero-order chi connectivity index (χ0) is 11.8. The van der Waals surface area contributed by atoms with Gasteiger partial charge in [-0.25, -0.2) is 17.5 Å². The molecule has 2 rings (SSSR count). The minimum absolute atomic E-state index is 0.0641. The molecule has 0 spiro atoms. The Morgan fingerprint density at radius 3 is 2.94 bits per heavy atom. The Kier molecular flexibility index (Phi) is 3.48. The average Bonchev–Trinajstić information content (AvgIpc) is 2.54. The van der Waals surface area contributed by atoms with Crippen LogP contribution in [0.25, 0.3) is 0 Å². The van der Waals surface area contributed by atoms with Gasteiger partial charge in [0.2, 0.25) is 10.0 Å². The topological polar surface area (TPSA) is 61.4 Å². The van der Waals surface area contributed by atoms with E-state index in [0.717, 1.165) is 12.8 Å². The largest absolute Gasteiger partial charge is 0.314 e. The van der Waals surface area contributed by atoms with Gasteiger partial charge in [-0.3, -0.25) is 4.90 Å². The van der Waals surface area contributed by atoms with E-state index in [0.29, 0.717) is 26.1 Å². The van der Waals surface area contributed by atoms with Crippen LogP contribution in [0.4, 0.5) is 4.39 Å². The minimum atomic E-state index is -3.16. The van der Waals surface area contributed by atoms with Gasteiger partial charge in [-0.05, 0) is 6.42 Å². The first-order valence-corrected chi connectivity index (χ1v) is 7.40. The van der Waals surface area contributed by atoms with Crippen LogP contribution in [-0.2, 0) is 10.0 Å². The third kappa shape index (κ3) is 2.91. The monoisotopic (exact) mass is 251 g/mol. The van der Waals surface area contributed by atoms with E-state index in [-0.39, 0.29) is 12.1 Å². The fourth-order valence-corrected chi connectivity index (χ4v) is 3.00. The van der Waals surface area contributed by atoms with Gasteiger partial charge in [0.15, 0.2) is 0 Å². The molecule has 2 aliphatic rings. The van der Waals surface area contributed by atoms with E-state index >= 15 is 0 Å². The van der Waals surface area contributed by atoms with Crippen molar-refractivity contribution in [2.45, 2.75) is 24.7 Å². The van der Waals surface area contributed by atoms with Crippen LogP contribution in [0.3, 0.4) is 0 Å². The summed E-state index contributed by atoms with van der Waals surface area (Å²) in [7, 11) is -3.16. The highest BCUT2D eigenvalue weighted by Gasteiger charge is 2.38. The highest BCUT2D eigenvalue weighted by atomic mass is 32.2. The molecule has 0 saturated carbocycles. The molecule has 16 heavy (non-hydrogen) atoms. The third-order valence-corrected chi connectivity index (χ3v) is 3.91. The first-order chi connectivity index (χ1) is 7.46. The lowest BCUT2D eigenvalue weighted by molar-refractivity contribution is 0.136. The van der Waals surface area contributed by atoms with E-state index < -0.39 is 16.2 Å². The van der Waals surface area contributed by atoms with Crippen molar-refractivity contribution in [1.29, 1.82) is 0 Å². The van der Waals surface area contributed by atoms with Gasteiger partial charge < -0.3 is 5.32 Å². The number of hydrogen-bond acceptors (Lipinski definition) is 4. The first kappa shape index (κ1) is 12.2. The molecule has 0 radical (unpaired) electrons. The Morgan fingerprint density at radius 1 is 1.50 bits per heavy atom. The summed E-state index contributed by atoms with van der Waals surface area (Å²) in [5, 5.41) is 3.22. The molecule has 0 amide bonds. The molecule has 5 nitrogen and oxygen atoms in total. The van der Waals surface area contributed by atoms with Gasteiger partial charge in [0, 0.05) is 38.3 Å². The Balaban J connectivity index is 1.94. The van der Waals surface area contributed by atoms with Gasteiger partial charge >= 0.3 is 0 Å². The van der Waals surface area contributed by atoms with Gasteiger partial charge in [0.05, 0.1) is 6.26 Å². The van der Waals surface area contributed by atoms with Crippen molar-refractivity contribution in [1.82, 2.24) is 14.9 Å². The van der Waals surface area contributed by atoms with Gasteiger partial charge in [-0.1, -0.05) is 0 Å². The van der Waals surface area contributed by atoms with Crippen molar-refractivity contribution in [3.63, 3.8) is 0 Å². The van der Waals surface area contributed by atoms with Crippen LogP contribution in [0.15, 0.2) is 0 Å². The van der Waals surface area contributed by atoms with Gasteiger partial charge in [-0.15, -0.1) is 0 Å². The lowest BCUT2D eigenvalue weighted by Crippen LogP contribution is -2.58. The van der Waals surface area contributed by atoms with E-state index in [2.05, 4.69) is 14.9 Å². The molecule has 2 saturated heterocycles. The predicted octanol–water partition coefficient (Wildman–Crippen LogP) is -1.08. The summed E-state index contributed by atoms with van der Waals surface area (Å²) < 4.78 is 37.8. The number of fused-ring (bicyclic) bond motifs is 1. The number of halogens is 1. The van der Waals surface area contributed by atoms with Crippen LogP contribution < -0.4 is 10.0 Å². The normalized spacial score (nSPS) is 36.2. The Labute approximate surface area is 95.4 Å². The van der Waals surface area contributed by atoms with Crippen molar-refractivity contribution < 1.29 is 12.8 Å². The van der Waals surface area contributed by atoms with Crippen LogP contribution in [0, 0.1) is 0 Å². The lowest BCUT2D eigenvalue weighted by atomic mass is 10.1. The summed E-state index contributed by atoms with van der Waals surface area (Å²) in [5.74, 6) is 0. The number of piperazine rings is 1. The highest BCUT2D eigenvalue weighted by molar-refractivity contribution is 7.88. The van der Waals surface area contributed by atoms with Gasteiger partial charge in [-0.2, -0.15) is 0 Å². The highest BCUT2D eigenvalue weighted by Crippen LogP contribution is 2.24. The minimum Gasteiger partial charge on any atom is -0.314 e. The summed E-state index contributed by atoms with van der Waals surface area (Å²) in [6.07, 6.45) is 0.927. The molecule has 3 unspecified atom stereocenters. The Morgan fingerprint density at radius 2 is 2.25 bits per heavy atom. The third-order valence-electron chi connectivity index (χ3n) is 3.22. The quantitative estimate of drug-likeness (QED) is 0.670. The molecule has 0 aromatic heterocycles. The average molecular weight is 251 g/mol. The van der Waals surface area contributed by atoms with E-state index in [1.54, 1.807) is 0 Å². The van der Waals surface area contributed by atoms with Gasteiger partial charge in [0.25, 0.3) is 0 Å². The molecule has 2 aliphatic heterocycles. The zero-order valence-electron chi connectivity index (χ0n) is 9.32. The summed E-state index contributed by atoms with van der Waals surface area (Å²) in [6, 6.07) is 0.282. The fraction of sp³-hybridized carbons (Fsp3) is 1.00. The molecular weight excluding hydrogens is 233 g/mol. The van der Waals surface area contributed by atoms with Crippen molar-refractivity contribution in [2.24, 2.45) is 0 Å². The summed E-state index contributed by atoms with van der Waals surface area (Å²) >= 11 is 0. The fourth-order valence-electron chi connectivity index (χ4n) is 2.50. The molecule has 0 aromatic carbocycles. The number of sulfonamides is 1. The molecule has 94 valence electrons. The van der Waals surface area contributed by atoms with Crippen molar-refractivity contribution in [3.05, 3.63) is 0 Å². The van der Waals surface area contributed by atoms with Crippen LogP contribution >= 0.6 is 0 Å². The number of hydrogen-bond donors (Lipinski definition) is 2. The molecule has 0 aliphatic carbocycles. The number of alkyl halides is 1. The van der Waals surface area contributed by atoms with Crippen molar-refractivity contribution in [3.8, 4) is 0 Å². The molecule has 0 aromatic rings. The summed E-state index contributed by atoms with van der Waals surface area (Å²) in [5.41, 5.74) is 0. The van der Waals surface area contributed by atoms with Crippen LogP contribution in [-0.4, -0.2) is 64.0 Å². The zero-order valence-corrected chi connectivity index (χ0v) is 10.1. The van der Waals surface area contributed by atoms with Crippen LogP contribution in [0.5, 0.6) is 0 Å². The van der Waals surface area contributed by atoms with E-state index in [9.17, 15) is 12.8 Å². The van der Waals surface area contributed by atoms with Crippen molar-refractivity contribution >= 4 is 10.0 Å². The Hall–Kier alpha value is -0.240. The molecule has 2 N–H and O–H groups in total. The SMILES string of the molecule is CS(=O)(=O)NCC1CNCC2CC(F)CN12. The maximum atomic E-state index is 13.3.